The number of nitrogens with zero attached hydrogens (tertiary/aromatic N) is 4. The van der Waals surface area contributed by atoms with Crippen molar-refractivity contribution in [1.29, 1.82) is 0 Å². The first-order valence-corrected chi connectivity index (χ1v) is 8.25. The molecule has 1 amide bonds. The smallest absolute Gasteiger partial charge is 0.303 e. The van der Waals surface area contributed by atoms with Crippen LogP contribution < -0.4 is 0 Å². The van der Waals surface area contributed by atoms with Crippen molar-refractivity contribution in [2.45, 2.75) is 45.6 Å². The first-order chi connectivity index (χ1) is 12.0. The van der Waals surface area contributed by atoms with Crippen molar-refractivity contribution in [1.82, 2.24) is 20.0 Å². The molecule has 2 aromatic rings. The molecular weight excluding hydrogens is 324 g/mol. The number of amides is 1. The Balaban J connectivity index is 1.85. The van der Waals surface area contributed by atoms with Gasteiger partial charge in [-0.05, 0) is 32.8 Å². The summed E-state index contributed by atoms with van der Waals surface area (Å²) in [5.41, 5.74) is 2.24. The lowest BCUT2D eigenvalue weighted by atomic mass is 10.1. The van der Waals surface area contributed by atoms with Crippen molar-refractivity contribution < 1.29 is 19.2 Å². The molecule has 1 aliphatic rings. The first kappa shape index (κ1) is 17.1. The zero-order valence-electron chi connectivity index (χ0n) is 14.2. The van der Waals surface area contributed by atoms with E-state index < -0.39 is 5.97 Å². The molecule has 8 heteroatoms. The van der Waals surface area contributed by atoms with E-state index in [1.54, 1.807) is 17.2 Å². The Morgan fingerprint density at radius 1 is 1.36 bits per heavy atom. The van der Waals surface area contributed by atoms with Gasteiger partial charge in [0.1, 0.15) is 5.76 Å². The molecule has 1 N–H and O–H groups in total. The summed E-state index contributed by atoms with van der Waals surface area (Å²) < 4.78 is 5.18. The van der Waals surface area contributed by atoms with Crippen LogP contribution in [0.5, 0.6) is 0 Å². The maximum Gasteiger partial charge on any atom is 0.303 e. The van der Waals surface area contributed by atoms with Gasteiger partial charge in [-0.15, -0.1) is 0 Å². The quantitative estimate of drug-likeness (QED) is 0.886. The lowest BCUT2D eigenvalue weighted by molar-refractivity contribution is -0.141. The van der Waals surface area contributed by atoms with Crippen molar-refractivity contribution >= 4 is 11.9 Å². The van der Waals surface area contributed by atoms with Gasteiger partial charge in [0.05, 0.1) is 29.4 Å². The number of hydrogen-bond acceptors (Lipinski definition) is 6. The minimum atomic E-state index is -0.966. The van der Waals surface area contributed by atoms with Gasteiger partial charge in [0.2, 0.25) is 5.91 Å². The van der Waals surface area contributed by atoms with Gasteiger partial charge in [-0.3, -0.25) is 9.59 Å². The molecule has 0 aliphatic carbocycles. The molecule has 8 nitrogen and oxygen atoms in total. The van der Waals surface area contributed by atoms with Gasteiger partial charge in [-0.25, -0.2) is 9.97 Å². The van der Waals surface area contributed by atoms with Crippen molar-refractivity contribution in [2.75, 3.05) is 6.54 Å². The molecule has 1 fully saturated rings. The number of carboxylic acids is 1. The third-order valence-electron chi connectivity index (χ3n) is 4.40. The number of rotatable bonds is 5. The van der Waals surface area contributed by atoms with Crippen LogP contribution in [0.2, 0.25) is 0 Å². The van der Waals surface area contributed by atoms with Crippen molar-refractivity contribution in [3.63, 3.8) is 0 Å². The summed E-state index contributed by atoms with van der Waals surface area (Å²) in [4.78, 5) is 33.7. The number of likely N-dealkylation sites (tertiary alicyclic amines) is 1. The Morgan fingerprint density at radius 2 is 2.16 bits per heavy atom. The van der Waals surface area contributed by atoms with Gasteiger partial charge in [0.15, 0.2) is 5.82 Å². The molecule has 1 unspecified atom stereocenters. The summed E-state index contributed by atoms with van der Waals surface area (Å²) in [6.45, 7) is 4.26. The second-order valence-electron chi connectivity index (χ2n) is 6.14. The Hall–Kier alpha value is -2.77. The topological polar surface area (TPSA) is 109 Å². The fraction of sp³-hybridized carbons (Fsp3) is 0.471. The summed E-state index contributed by atoms with van der Waals surface area (Å²) in [5.74, 6) is 0.0586. The Kier molecular flexibility index (Phi) is 4.78. The summed E-state index contributed by atoms with van der Waals surface area (Å²) in [7, 11) is 0. The van der Waals surface area contributed by atoms with Crippen molar-refractivity contribution in [3.8, 4) is 11.4 Å². The number of aryl methyl sites for hydroxylation is 2. The molecule has 25 heavy (non-hydrogen) atoms. The molecular formula is C17H20N4O4. The maximum atomic E-state index is 12.3. The van der Waals surface area contributed by atoms with E-state index in [0.717, 1.165) is 29.8 Å². The summed E-state index contributed by atoms with van der Waals surface area (Å²) in [6.07, 6.45) is 3.19. The van der Waals surface area contributed by atoms with Gasteiger partial charge < -0.3 is 14.5 Å². The molecule has 2 aromatic heterocycles. The maximum absolute atomic E-state index is 12.3. The van der Waals surface area contributed by atoms with Crippen LogP contribution in [-0.4, -0.2) is 43.6 Å². The zero-order chi connectivity index (χ0) is 18.0. The third-order valence-corrected chi connectivity index (χ3v) is 4.40. The number of carbonyl (C=O) groups is 2. The predicted octanol–water partition coefficient (Wildman–Crippen LogP) is 2.28. The van der Waals surface area contributed by atoms with E-state index in [4.69, 9.17) is 9.63 Å². The minimum absolute atomic E-state index is 0.00758. The van der Waals surface area contributed by atoms with Crippen LogP contribution >= 0.6 is 0 Å². The minimum Gasteiger partial charge on any atom is -0.481 e. The van der Waals surface area contributed by atoms with E-state index in [-0.39, 0.29) is 24.8 Å². The summed E-state index contributed by atoms with van der Waals surface area (Å²) in [5, 5.41) is 12.7. The van der Waals surface area contributed by atoms with Gasteiger partial charge in [0, 0.05) is 19.2 Å². The van der Waals surface area contributed by atoms with Crippen LogP contribution in [0, 0.1) is 13.8 Å². The lowest BCUT2D eigenvalue weighted by Crippen LogP contribution is -2.31. The Morgan fingerprint density at radius 3 is 2.84 bits per heavy atom. The van der Waals surface area contributed by atoms with Crippen LogP contribution in [0.25, 0.3) is 11.4 Å². The highest BCUT2D eigenvalue weighted by Gasteiger charge is 2.31. The summed E-state index contributed by atoms with van der Waals surface area (Å²) >= 11 is 0. The van der Waals surface area contributed by atoms with E-state index in [1.165, 1.54) is 0 Å². The molecule has 0 bridgehead atoms. The lowest BCUT2D eigenvalue weighted by Gasteiger charge is -2.24. The second-order valence-corrected chi connectivity index (χ2v) is 6.14. The van der Waals surface area contributed by atoms with Crippen molar-refractivity contribution in [2.24, 2.45) is 0 Å². The monoisotopic (exact) mass is 344 g/mol. The van der Waals surface area contributed by atoms with Crippen molar-refractivity contribution in [3.05, 3.63) is 29.4 Å². The number of carboxylic acid groups (broad SMARTS) is 1. The highest BCUT2D eigenvalue weighted by Crippen LogP contribution is 2.33. The van der Waals surface area contributed by atoms with Gasteiger partial charge in [-0.2, -0.15) is 0 Å². The number of hydrogen-bond donors (Lipinski definition) is 1. The molecule has 1 atom stereocenters. The fourth-order valence-electron chi connectivity index (χ4n) is 3.21. The van der Waals surface area contributed by atoms with Crippen LogP contribution in [-0.2, 0) is 9.59 Å². The van der Waals surface area contributed by atoms with Gasteiger partial charge in [0.25, 0.3) is 0 Å². The van der Waals surface area contributed by atoms with Crippen LogP contribution in [0.4, 0.5) is 0 Å². The average Bonchev–Trinajstić information content (AvgIpc) is 3.20. The van der Waals surface area contributed by atoms with E-state index in [9.17, 15) is 9.59 Å². The van der Waals surface area contributed by atoms with E-state index >= 15 is 0 Å². The predicted molar refractivity (Wildman–Crippen MR) is 87.6 cm³/mol. The number of aromatic nitrogens is 3. The fourth-order valence-corrected chi connectivity index (χ4v) is 3.21. The molecule has 3 rings (SSSR count). The zero-order valence-corrected chi connectivity index (χ0v) is 14.2. The van der Waals surface area contributed by atoms with Crippen LogP contribution in [0.15, 0.2) is 16.8 Å². The standard InChI is InChI=1S/C17H20N4O4/c1-10-16(11(2)25-20-10)17-18-8-7-12(19-17)13-4-3-9-21(13)14(22)5-6-15(23)24/h7-8,13H,3-6,9H2,1-2H3,(H,23,24). The van der Waals surface area contributed by atoms with E-state index in [1.807, 2.05) is 13.8 Å². The highest BCUT2D eigenvalue weighted by atomic mass is 16.5. The third kappa shape index (κ3) is 3.52. The molecule has 1 saturated heterocycles. The van der Waals surface area contributed by atoms with Gasteiger partial charge in [-0.1, -0.05) is 5.16 Å². The van der Waals surface area contributed by atoms with E-state index in [2.05, 4.69) is 15.1 Å². The van der Waals surface area contributed by atoms with E-state index in [0.29, 0.717) is 18.1 Å². The Labute approximate surface area is 144 Å². The molecule has 1 aliphatic heterocycles. The SMILES string of the molecule is Cc1noc(C)c1-c1nccc(C2CCCN2C(=O)CCC(=O)O)n1. The normalized spacial score (nSPS) is 17.0. The molecule has 132 valence electrons. The summed E-state index contributed by atoms with van der Waals surface area (Å²) in [6, 6.07) is 1.65. The molecule has 0 radical (unpaired) electrons. The largest absolute Gasteiger partial charge is 0.481 e. The Bertz CT molecular complexity index is 782. The highest BCUT2D eigenvalue weighted by molar-refractivity contribution is 5.81. The average molecular weight is 344 g/mol. The number of carbonyl (C=O) groups excluding carboxylic acids is 1. The van der Waals surface area contributed by atoms with Gasteiger partial charge >= 0.3 is 5.97 Å². The first-order valence-electron chi connectivity index (χ1n) is 8.25. The molecule has 0 aromatic carbocycles. The molecule has 3 heterocycles. The second kappa shape index (κ2) is 7.00. The number of aliphatic carboxylic acids is 1. The van der Waals surface area contributed by atoms with Crippen LogP contribution in [0.3, 0.4) is 0 Å². The molecule has 0 saturated carbocycles. The molecule has 0 spiro atoms. The van der Waals surface area contributed by atoms with Crippen LogP contribution in [0.1, 0.15) is 48.9 Å².